The van der Waals surface area contributed by atoms with Crippen molar-refractivity contribution in [2.24, 2.45) is 11.7 Å². The van der Waals surface area contributed by atoms with Gasteiger partial charge in [0.05, 0.1) is 11.9 Å². The van der Waals surface area contributed by atoms with Crippen molar-refractivity contribution in [2.75, 3.05) is 13.1 Å². The smallest absolute Gasteiger partial charge is 0.246 e. The first kappa shape index (κ1) is 13.5. The molecular weight excluding hydrogens is 252 g/mol. The number of nitrogens with two attached hydrogens (primary N) is 1. The van der Waals surface area contributed by atoms with Crippen LogP contribution in [0.2, 0.25) is 0 Å². The van der Waals surface area contributed by atoms with Crippen molar-refractivity contribution in [3.05, 3.63) is 11.9 Å². The Morgan fingerprint density at radius 3 is 2.89 bits per heavy atom. The molecule has 0 aliphatic carbocycles. The fourth-order valence-electron chi connectivity index (χ4n) is 2.49. The average molecular weight is 272 g/mol. The van der Waals surface area contributed by atoms with Crippen molar-refractivity contribution in [3.8, 4) is 0 Å². The normalized spacial score (nSPS) is 26.4. The molecule has 0 aromatic carbocycles. The van der Waals surface area contributed by atoms with Gasteiger partial charge in [0, 0.05) is 19.1 Å². The number of aromatic amines is 1. The van der Waals surface area contributed by atoms with Crippen molar-refractivity contribution >= 4 is 10.0 Å². The number of hydrogen-bond acceptors (Lipinski definition) is 4. The van der Waals surface area contributed by atoms with Crippen LogP contribution in [0.1, 0.15) is 25.5 Å². The van der Waals surface area contributed by atoms with Gasteiger partial charge in [0.25, 0.3) is 0 Å². The third-order valence-electron chi connectivity index (χ3n) is 3.57. The van der Waals surface area contributed by atoms with Crippen LogP contribution >= 0.6 is 0 Å². The van der Waals surface area contributed by atoms with Crippen molar-refractivity contribution in [1.29, 1.82) is 0 Å². The lowest BCUT2D eigenvalue weighted by Crippen LogP contribution is -2.49. The quantitative estimate of drug-likeness (QED) is 0.836. The molecule has 0 saturated carbocycles. The molecule has 2 unspecified atom stereocenters. The Kier molecular flexibility index (Phi) is 3.74. The van der Waals surface area contributed by atoms with Gasteiger partial charge in [-0.1, -0.05) is 6.92 Å². The molecule has 1 aliphatic rings. The summed E-state index contributed by atoms with van der Waals surface area (Å²) in [6.07, 6.45) is 3.08. The lowest BCUT2D eigenvalue weighted by Gasteiger charge is -2.36. The van der Waals surface area contributed by atoms with E-state index in [1.807, 2.05) is 0 Å². The van der Waals surface area contributed by atoms with Gasteiger partial charge in [-0.3, -0.25) is 5.10 Å². The SMILES string of the molecule is Cc1[nH]ncc1S(=O)(=O)N1CCC(C)CC1CN. The van der Waals surface area contributed by atoms with Gasteiger partial charge in [-0.2, -0.15) is 9.40 Å². The summed E-state index contributed by atoms with van der Waals surface area (Å²) in [7, 11) is -3.47. The van der Waals surface area contributed by atoms with Gasteiger partial charge in [-0.05, 0) is 25.7 Å². The van der Waals surface area contributed by atoms with Crippen LogP contribution < -0.4 is 5.73 Å². The van der Waals surface area contributed by atoms with E-state index in [0.717, 1.165) is 12.8 Å². The standard InChI is InChI=1S/C11H20N4O2S/c1-8-3-4-15(10(5-8)6-12)18(16,17)11-7-13-14-9(11)2/h7-8,10H,3-6,12H2,1-2H3,(H,13,14). The van der Waals surface area contributed by atoms with Crippen molar-refractivity contribution in [2.45, 2.75) is 37.6 Å². The maximum atomic E-state index is 12.6. The largest absolute Gasteiger partial charge is 0.329 e. The van der Waals surface area contributed by atoms with E-state index in [4.69, 9.17) is 5.73 Å². The fourth-order valence-corrected chi connectivity index (χ4v) is 4.27. The molecular formula is C11H20N4O2S. The molecule has 7 heteroatoms. The van der Waals surface area contributed by atoms with Crippen molar-refractivity contribution in [3.63, 3.8) is 0 Å². The number of rotatable bonds is 3. The Morgan fingerprint density at radius 2 is 2.33 bits per heavy atom. The highest BCUT2D eigenvalue weighted by Crippen LogP contribution is 2.28. The van der Waals surface area contributed by atoms with Crippen LogP contribution in [-0.4, -0.2) is 42.1 Å². The summed E-state index contributed by atoms with van der Waals surface area (Å²) < 4.78 is 26.6. The Balaban J connectivity index is 2.32. The summed E-state index contributed by atoms with van der Waals surface area (Å²) in [5.74, 6) is 0.524. The second kappa shape index (κ2) is 4.99. The van der Waals surface area contributed by atoms with Gasteiger partial charge >= 0.3 is 0 Å². The minimum Gasteiger partial charge on any atom is -0.329 e. The molecule has 2 atom stereocenters. The molecule has 3 N–H and O–H groups in total. The van der Waals surface area contributed by atoms with E-state index in [1.54, 1.807) is 6.92 Å². The van der Waals surface area contributed by atoms with E-state index < -0.39 is 10.0 Å². The predicted octanol–water partition coefficient (Wildman–Crippen LogP) is 0.466. The Labute approximate surface area is 108 Å². The molecule has 2 heterocycles. The maximum absolute atomic E-state index is 12.6. The number of hydrogen-bond donors (Lipinski definition) is 2. The highest BCUT2D eigenvalue weighted by atomic mass is 32.2. The molecule has 1 saturated heterocycles. The Morgan fingerprint density at radius 1 is 1.61 bits per heavy atom. The molecule has 0 amide bonds. The van der Waals surface area contributed by atoms with Gasteiger partial charge in [0.15, 0.2) is 0 Å². The number of aryl methyl sites for hydroxylation is 1. The number of sulfonamides is 1. The summed E-state index contributed by atoms with van der Waals surface area (Å²) in [5.41, 5.74) is 6.29. The van der Waals surface area contributed by atoms with Gasteiger partial charge in [-0.25, -0.2) is 8.42 Å². The predicted molar refractivity (Wildman–Crippen MR) is 68.5 cm³/mol. The molecule has 0 spiro atoms. The first-order valence-corrected chi connectivity index (χ1v) is 7.62. The summed E-state index contributed by atoms with van der Waals surface area (Å²) in [6.45, 7) is 4.75. The molecule has 1 fully saturated rings. The van der Waals surface area contributed by atoms with Crippen LogP contribution in [-0.2, 0) is 10.0 Å². The van der Waals surface area contributed by atoms with Crippen LogP contribution in [0.4, 0.5) is 0 Å². The molecule has 1 aliphatic heterocycles. The number of H-pyrrole nitrogens is 1. The van der Waals surface area contributed by atoms with E-state index in [-0.39, 0.29) is 10.9 Å². The van der Waals surface area contributed by atoms with Crippen molar-refractivity contribution < 1.29 is 8.42 Å². The fraction of sp³-hybridized carbons (Fsp3) is 0.727. The highest BCUT2D eigenvalue weighted by Gasteiger charge is 2.36. The summed E-state index contributed by atoms with van der Waals surface area (Å²) in [4.78, 5) is 0.260. The van der Waals surface area contributed by atoms with Crippen LogP contribution in [0.15, 0.2) is 11.1 Å². The summed E-state index contributed by atoms with van der Waals surface area (Å²) >= 11 is 0. The number of nitrogens with one attached hydrogen (secondary N) is 1. The van der Waals surface area contributed by atoms with Gasteiger partial charge in [0.2, 0.25) is 10.0 Å². The lowest BCUT2D eigenvalue weighted by molar-refractivity contribution is 0.211. The summed E-state index contributed by atoms with van der Waals surface area (Å²) in [6, 6.07) is -0.104. The highest BCUT2D eigenvalue weighted by molar-refractivity contribution is 7.89. The third kappa shape index (κ3) is 2.30. The molecule has 1 aromatic rings. The van der Waals surface area contributed by atoms with Gasteiger partial charge in [-0.15, -0.1) is 0 Å². The van der Waals surface area contributed by atoms with E-state index in [2.05, 4.69) is 17.1 Å². The molecule has 0 bridgehead atoms. The number of piperidine rings is 1. The topological polar surface area (TPSA) is 92.1 Å². The van der Waals surface area contributed by atoms with Gasteiger partial charge < -0.3 is 5.73 Å². The number of aromatic nitrogens is 2. The van der Waals surface area contributed by atoms with Crippen LogP contribution in [0.3, 0.4) is 0 Å². The zero-order valence-electron chi connectivity index (χ0n) is 10.8. The molecule has 0 radical (unpaired) electrons. The maximum Gasteiger partial charge on any atom is 0.246 e. The van der Waals surface area contributed by atoms with Crippen LogP contribution in [0.25, 0.3) is 0 Å². The Hall–Kier alpha value is -0.920. The minimum atomic E-state index is -3.47. The van der Waals surface area contributed by atoms with Crippen molar-refractivity contribution in [1.82, 2.24) is 14.5 Å². The van der Waals surface area contributed by atoms with E-state index in [1.165, 1.54) is 10.5 Å². The van der Waals surface area contributed by atoms with Gasteiger partial charge in [0.1, 0.15) is 4.90 Å². The second-order valence-corrected chi connectivity index (χ2v) is 6.85. The average Bonchev–Trinajstić information content (AvgIpc) is 2.75. The lowest BCUT2D eigenvalue weighted by atomic mass is 9.94. The van der Waals surface area contributed by atoms with E-state index in [9.17, 15) is 8.42 Å². The third-order valence-corrected chi connectivity index (χ3v) is 5.63. The summed E-state index contributed by atoms with van der Waals surface area (Å²) in [5, 5.41) is 6.45. The molecule has 18 heavy (non-hydrogen) atoms. The minimum absolute atomic E-state index is 0.104. The zero-order chi connectivity index (χ0) is 13.3. The number of nitrogens with zero attached hydrogens (tertiary/aromatic N) is 2. The first-order chi connectivity index (χ1) is 8.46. The second-order valence-electron chi connectivity index (χ2n) is 4.99. The molecule has 2 rings (SSSR count). The molecule has 6 nitrogen and oxygen atoms in total. The van der Waals surface area contributed by atoms with E-state index >= 15 is 0 Å². The molecule has 102 valence electrons. The van der Waals surface area contributed by atoms with Crippen LogP contribution in [0.5, 0.6) is 0 Å². The Bertz CT molecular complexity index is 511. The zero-order valence-corrected chi connectivity index (χ0v) is 11.6. The van der Waals surface area contributed by atoms with Crippen LogP contribution in [0, 0.1) is 12.8 Å². The monoisotopic (exact) mass is 272 g/mol. The first-order valence-electron chi connectivity index (χ1n) is 6.18. The molecule has 1 aromatic heterocycles. The van der Waals surface area contributed by atoms with E-state index in [0.29, 0.717) is 24.7 Å².